The second kappa shape index (κ2) is 5.93. The van der Waals surface area contributed by atoms with E-state index >= 15 is 0 Å². The minimum absolute atomic E-state index is 0.152. The number of methoxy groups -OCH3 is 1. The molecule has 0 saturated carbocycles. The predicted octanol–water partition coefficient (Wildman–Crippen LogP) is 3.18. The summed E-state index contributed by atoms with van der Waals surface area (Å²) in [7, 11) is 1.74. The van der Waals surface area contributed by atoms with Crippen molar-refractivity contribution in [1.29, 1.82) is 0 Å². The van der Waals surface area contributed by atoms with Crippen LogP contribution in [0.1, 0.15) is 49.5 Å². The number of rotatable bonds is 3. The average molecular weight is 263 g/mol. The molecule has 1 aromatic rings. The van der Waals surface area contributed by atoms with Gasteiger partial charge in [0.25, 0.3) is 0 Å². The van der Waals surface area contributed by atoms with Crippen molar-refractivity contribution < 1.29 is 9.47 Å². The Bertz CT molecular complexity index is 435. The third-order valence-corrected chi connectivity index (χ3v) is 3.79. The first kappa shape index (κ1) is 14.4. The van der Waals surface area contributed by atoms with Crippen molar-refractivity contribution in [1.82, 2.24) is 5.32 Å². The van der Waals surface area contributed by atoms with Gasteiger partial charge in [0.1, 0.15) is 5.75 Å². The van der Waals surface area contributed by atoms with Gasteiger partial charge in [0, 0.05) is 12.6 Å². The number of hydrogen-bond acceptors (Lipinski definition) is 3. The second-order valence-electron chi connectivity index (χ2n) is 5.74. The van der Waals surface area contributed by atoms with Gasteiger partial charge in [0.15, 0.2) is 0 Å². The summed E-state index contributed by atoms with van der Waals surface area (Å²) in [6.07, 6.45) is 0.152. The van der Waals surface area contributed by atoms with Crippen molar-refractivity contribution in [2.24, 2.45) is 0 Å². The summed E-state index contributed by atoms with van der Waals surface area (Å²) in [4.78, 5) is 0. The first-order chi connectivity index (χ1) is 9.02. The summed E-state index contributed by atoms with van der Waals surface area (Å²) in [5.74, 6) is 1.43. The highest BCUT2D eigenvalue weighted by Crippen LogP contribution is 2.33. The van der Waals surface area contributed by atoms with Gasteiger partial charge in [-0.25, -0.2) is 0 Å². The summed E-state index contributed by atoms with van der Waals surface area (Å²) >= 11 is 0. The molecule has 1 aromatic carbocycles. The lowest BCUT2D eigenvalue weighted by molar-refractivity contribution is 0.00654. The lowest BCUT2D eigenvalue weighted by atomic mass is 9.93. The van der Waals surface area contributed by atoms with Gasteiger partial charge in [-0.15, -0.1) is 0 Å². The molecule has 19 heavy (non-hydrogen) atoms. The van der Waals surface area contributed by atoms with E-state index in [1.165, 1.54) is 16.7 Å². The molecule has 0 aromatic heterocycles. The molecule has 1 aliphatic rings. The SMILES string of the molecule is COc1cc(C)c(C2CNC(C)CO2)cc1C(C)C. The second-order valence-corrected chi connectivity index (χ2v) is 5.74. The maximum Gasteiger partial charge on any atom is 0.122 e. The number of morpholine rings is 1. The van der Waals surface area contributed by atoms with Crippen LogP contribution in [0, 0.1) is 6.92 Å². The number of ether oxygens (including phenoxy) is 2. The van der Waals surface area contributed by atoms with Crippen LogP contribution in [0.4, 0.5) is 0 Å². The van der Waals surface area contributed by atoms with Gasteiger partial charge >= 0.3 is 0 Å². The Morgan fingerprint density at radius 1 is 1.37 bits per heavy atom. The minimum Gasteiger partial charge on any atom is -0.496 e. The zero-order valence-corrected chi connectivity index (χ0v) is 12.6. The molecule has 1 aliphatic heterocycles. The quantitative estimate of drug-likeness (QED) is 0.908. The van der Waals surface area contributed by atoms with Gasteiger partial charge in [-0.2, -0.15) is 0 Å². The summed E-state index contributed by atoms with van der Waals surface area (Å²) in [5, 5.41) is 3.48. The zero-order valence-electron chi connectivity index (χ0n) is 12.6. The highest BCUT2D eigenvalue weighted by atomic mass is 16.5. The van der Waals surface area contributed by atoms with Crippen molar-refractivity contribution in [3.8, 4) is 5.75 Å². The van der Waals surface area contributed by atoms with Crippen LogP contribution in [0.2, 0.25) is 0 Å². The van der Waals surface area contributed by atoms with E-state index in [-0.39, 0.29) is 6.10 Å². The fourth-order valence-electron chi connectivity index (χ4n) is 2.58. The summed E-state index contributed by atoms with van der Waals surface area (Å²) < 4.78 is 11.5. The Morgan fingerprint density at radius 3 is 2.63 bits per heavy atom. The van der Waals surface area contributed by atoms with Crippen molar-refractivity contribution in [2.75, 3.05) is 20.3 Å². The Hall–Kier alpha value is -1.06. The van der Waals surface area contributed by atoms with Crippen LogP contribution in [0.15, 0.2) is 12.1 Å². The largest absolute Gasteiger partial charge is 0.496 e. The highest BCUT2D eigenvalue weighted by Gasteiger charge is 2.23. The van der Waals surface area contributed by atoms with E-state index in [9.17, 15) is 0 Å². The molecule has 0 radical (unpaired) electrons. The molecule has 0 bridgehead atoms. The van der Waals surface area contributed by atoms with E-state index in [4.69, 9.17) is 9.47 Å². The molecule has 0 aliphatic carbocycles. The summed E-state index contributed by atoms with van der Waals surface area (Å²) in [6.45, 7) is 10.3. The fraction of sp³-hybridized carbons (Fsp3) is 0.625. The Kier molecular flexibility index (Phi) is 4.48. The smallest absolute Gasteiger partial charge is 0.122 e. The van der Waals surface area contributed by atoms with Crippen LogP contribution >= 0.6 is 0 Å². The highest BCUT2D eigenvalue weighted by molar-refractivity contribution is 5.45. The standard InChI is InChI=1S/C16H25NO2/c1-10(2)13-7-14(11(3)6-15(13)18-5)16-8-17-12(4)9-19-16/h6-7,10,12,16-17H,8-9H2,1-5H3. The van der Waals surface area contributed by atoms with Crippen molar-refractivity contribution in [3.63, 3.8) is 0 Å². The lowest BCUT2D eigenvalue weighted by Crippen LogP contribution is -2.40. The Balaban J connectivity index is 2.32. The number of benzene rings is 1. The van der Waals surface area contributed by atoms with Crippen LogP contribution in [-0.2, 0) is 4.74 Å². The van der Waals surface area contributed by atoms with Crippen LogP contribution < -0.4 is 10.1 Å². The van der Waals surface area contributed by atoms with E-state index in [2.05, 4.69) is 45.1 Å². The van der Waals surface area contributed by atoms with Gasteiger partial charge in [0.05, 0.1) is 19.8 Å². The van der Waals surface area contributed by atoms with E-state index < -0.39 is 0 Å². The van der Waals surface area contributed by atoms with Crippen LogP contribution in [0.3, 0.4) is 0 Å². The molecule has 1 fully saturated rings. The molecule has 106 valence electrons. The predicted molar refractivity (Wildman–Crippen MR) is 78.0 cm³/mol. The topological polar surface area (TPSA) is 30.5 Å². The van der Waals surface area contributed by atoms with E-state index in [1.807, 2.05) is 0 Å². The molecular weight excluding hydrogens is 238 g/mol. The monoisotopic (exact) mass is 263 g/mol. The maximum atomic E-state index is 5.96. The van der Waals surface area contributed by atoms with E-state index in [1.54, 1.807) is 7.11 Å². The van der Waals surface area contributed by atoms with E-state index in [0.29, 0.717) is 12.0 Å². The molecular formula is C16H25NO2. The average Bonchev–Trinajstić information content (AvgIpc) is 2.39. The molecule has 0 amide bonds. The number of hydrogen-bond donors (Lipinski definition) is 1. The summed E-state index contributed by atoms with van der Waals surface area (Å²) in [5.41, 5.74) is 3.77. The minimum atomic E-state index is 0.152. The van der Waals surface area contributed by atoms with E-state index in [0.717, 1.165) is 18.9 Å². The van der Waals surface area contributed by atoms with Crippen LogP contribution in [0.25, 0.3) is 0 Å². The van der Waals surface area contributed by atoms with Gasteiger partial charge in [-0.3, -0.25) is 0 Å². The van der Waals surface area contributed by atoms with Gasteiger partial charge in [0.2, 0.25) is 0 Å². The van der Waals surface area contributed by atoms with Crippen molar-refractivity contribution in [3.05, 3.63) is 28.8 Å². The molecule has 2 rings (SSSR count). The normalized spacial score (nSPS) is 23.7. The Morgan fingerprint density at radius 2 is 2.11 bits per heavy atom. The molecule has 2 unspecified atom stereocenters. The molecule has 0 spiro atoms. The van der Waals surface area contributed by atoms with Crippen LogP contribution in [0.5, 0.6) is 5.75 Å². The number of aryl methyl sites for hydroxylation is 1. The van der Waals surface area contributed by atoms with Gasteiger partial charge in [-0.1, -0.05) is 13.8 Å². The summed E-state index contributed by atoms with van der Waals surface area (Å²) in [6, 6.07) is 4.83. The molecule has 3 nitrogen and oxygen atoms in total. The van der Waals surface area contributed by atoms with Gasteiger partial charge < -0.3 is 14.8 Å². The first-order valence-corrected chi connectivity index (χ1v) is 7.06. The molecule has 1 heterocycles. The molecule has 1 saturated heterocycles. The third-order valence-electron chi connectivity index (χ3n) is 3.79. The molecule has 1 N–H and O–H groups in total. The Labute approximate surface area is 116 Å². The molecule has 3 heteroatoms. The fourth-order valence-corrected chi connectivity index (χ4v) is 2.58. The third kappa shape index (κ3) is 3.10. The maximum absolute atomic E-state index is 5.96. The number of nitrogens with one attached hydrogen (secondary N) is 1. The van der Waals surface area contributed by atoms with Crippen molar-refractivity contribution in [2.45, 2.75) is 45.8 Å². The zero-order chi connectivity index (χ0) is 14.0. The molecule has 2 atom stereocenters. The lowest BCUT2D eigenvalue weighted by Gasteiger charge is -2.30. The first-order valence-electron chi connectivity index (χ1n) is 7.06. The van der Waals surface area contributed by atoms with Crippen LogP contribution in [-0.4, -0.2) is 26.3 Å². The van der Waals surface area contributed by atoms with Gasteiger partial charge in [-0.05, 0) is 48.6 Å². The van der Waals surface area contributed by atoms with Crippen molar-refractivity contribution >= 4 is 0 Å².